The molecule has 2 aromatic heterocycles. The largest absolute Gasteiger partial charge is 0.459 e. The Labute approximate surface area is 205 Å². The van der Waals surface area contributed by atoms with Gasteiger partial charge in [0.2, 0.25) is 0 Å². The van der Waals surface area contributed by atoms with Gasteiger partial charge in [-0.05, 0) is 78.9 Å². The van der Waals surface area contributed by atoms with Crippen molar-refractivity contribution in [1.82, 2.24) is 10.3 Å². The first-order valence-corrected chi connectivity index (χ1v) is 11.4. The van der Waals surface area contributed by atoms with Crippen molar-refractivity contribution in [2.24, 2.45) is 0 Å². The van der Waals surface area contributed by atoms with Crippen LogP contribution >= 0.6 is 47.0 Å². The van der Waals surface area contributed by atoms with Crippen molar-refractivity contribution >= 4 is 57.8 Å². The fraction of sp³-hybridized carbons (Fsp3) is 0.0833. The molecule has 2 aromatic carbocycles. The van der Waals surface area contributed by atoms with Crippen molar-refractivity contribution in [2.75, 3.05) is 4.90 Å². The highest BCUT2D eigenvalue weighted by Gasteiger charge is 2.42. The minimum atomic E-state index is -0.265. The van der Waals surface area contributed by atoms with E-state index >= 15 is 0 Å². The third-order valence-corrected chi connectivity index (χ3v) is 6.43. The number of hydrogen-bond donors (Lipinski definition) is 1. The minimum Gasteiger partial charge on any atom is -0.459 e. The van der Waals surface area contributed by atoms with Crippen LogP contribution in [0.2, 0.25) is 15.1 Å². The monoisotopic (exact) mass is 499 g/mol. The predicted octanol–water partition coefficient (Wildman–Crippen LogP) is 7.48. The Balaban J connectivity index is 1.60. The molecule has 0 bridgehead atoms. The standard InChI is InChI=1S/C24H16Cl3N3OS/c25-14-4-7-16(8-5-14)30-23(22(29-24(30)32)19-3-1-2-12-28-19)21-11-10-20(31-21)17-9-6-15(26)13-18(17)27/h1-13,22-23H,(H,29,32). The molecule has 0 aliphatic carbocycles. The highest BCUT2D eigenvalue weighted by Crippen LogP contribution is 2.43. The van der Waals surface area contributed by atoms with Crippen molar-refractivity contribution in [3.63, 3.8) is 0 Å². The second-order valence-electron chi connectivity index (χ2n) is 7.30. The zero-order valence-corrected chi connectivity index (χ0v) is 19.6. The number of nitrogens with zero attached hydrogens (tertiary/aromatic N) is 2. The van der Waals surface area contributed by atoms with Gasteiger partial charge >= 0.3 is 0 Å². The number of halogens is 3. The Morgan fingerprint density at radius 2 is 1.69 bits per heavy atom. The number of hydrogen-bond acceptors (Lipinski definition) is 3. The lowest BCUT2D eigenvalue weighted by molar-refractivity contribution is 0.439. The van der Waals surface area contributed by atoms with Gasteiger partial charge in [0.25, 0.3) is 0 Å². The van der Waals surface area contributed by atoms with Crippen LogP contribution in [0.1, 0.15) is 23.5 Å². The van der Waals surface area contributed by atoms with Crippen LogP contribution in [0.25, 0.3) is 11.3 Å². The van der Waals surface area contributed by atoms with Crippen LogP contribution in [-0.4, -0.2) is 10.1 Å². The van der Waals surface area contributed by atoms with Gasteiger partial charge in [0, 0.05) is 27.5 Å². The van der Waals surface area contributed by atoms with E-state index in [0.29, 0.717) is 25.9 Å². The zero-order chi connectivity index (χ0) is 22.2. The Morgan fingerprint density at radius 3 is 2.41 bits per heavy atom. The molecule has 0 spiro atoms. The molecule has 2 unspecified atom stereocenters. The average Bonchev–Trinajstić information content (AvgIpc) is 3.39. The van der Waals surface area contributed by atoms with E-state index in [0.717, 1.165) is 22.7 Å². The summed E-state index contributed by atoms with van der Waals surface area (Å²) in [7, 11) is 0. The fourth-order valence-electron chi connectivity index (χ4n) is 3.87. The quantitative estimate of drug-likeness (QED) is 0.294. The number of aromatic nitrogens is 1. The van der Waals surface area contributed by atoms with E-state index < -0.39 is 0 Å². The van der Waals surface area contributed by atoms with E-state index in [1.807, 2.05) is 65.6 Å². The molecule has 3 heterocycles. The van der Waals surface area contributed by atoms with E-state index in [1.54, 1.807) is 18.3 Å². The molecule has 0 amide bonds. The summed E-state index contributed by atoms with van der Waals surface area (Å²) in [5, 5.41) is 5.73. The number of thiocarbonyl (C=S) groups is 1. The number of anilines is 1. The van der Waals surface area contributed by atoms with E-state index in [9.17, 15) is 0 Å². The third-order valence-electron chi connectivity index (χ3n) is 5.32. The molecule has 32 heavy (non-hydrogen) atoms. The van der Waals surface area contributed by atoms with Gasteiger partial charge in [-0.1, -0.05) is 40.9 Å². The van der Waals surface area contributed by atoms with Gasteiger partial charge in [-0.15, -0.1) is 0 Å². The SMILES string of the molecule is S=C1NC(c2ccccn2)C(c2ccc(-c3ccc(Cl)cc3Cl)o2)N1c1ccc(Cl)cc1. The first-order chi connectivity index (χ1) is 15.5. The maximum Gasteiger partial charge on any atom is 0.174 e. The van der Waals surface area contributed by atoms with Gasteiger partial charge < -0.3 is 14.6 Å². The molecule has 1 N–H and O–H groups in total. The maximum atomic E-state index is 6.41. The molecule has 1 fully saturated rings. The second kappa shape index (κ2) is 8.75. The second-order valence-corrected chi connectivity index (χ2v) is 8.97. The van der Waals surface area contributed by atoms with E-state index in [1.165, 1.54) is 0 Å². The molecule has 160 valence electrons. The highest BCUT2D eigenvalue weighted by atomic mass is 35.5. The Kier molecular flexibility index (Phi) is 5.82. The number of rotatable bonds is 4. The van der Waals surface area contributed by atoms with Gasteiger partial charge in [0.05, 0.1) is 16.8 Å². The first-order valence-electron chi connectivity index (χ1n) is 9.82. The summed E-state index contributed by atoms with van der Waals surface area (Å²) >= 11 is 24.3. The van der Waals surface area contributed by atoms with Crippen LogP contribution in [0, 0.1) is 0 Å². The van der Waals surface area contributed by atoms with Crippen molar-refractivity contribution in [1.29, 1.82) is 0 Å². The minimum absolute atomic E-state index is 0.209. The van der Waals surface area contributed by atoms with Crippen LogP contribution < -0.4 is 10.2 Å². The normalized spacial score (nSPS) is 18.1. The van der Waals surface area contributed by atoms with Gasteiger partial charge in [0.15, 0.2) is 5.11 Å². The van der Waals surface area contributed by atoms with Crippen LogP contribution in [0.5, 0.6) is 0 Å². The van der Waals surface area contributed by atoms with Crippen LogP contribution in [0.4, 0.5) is 5.69 Å². The smallest absolute Gasteiger partial charge is 0.174 e. The van der Waals surface area contributed by atoms with Crippen molar-refractivity contribution < 1.29 is 4.42 Å². The van der Waals surface area contributed by atoms with Crippen molar-refractivity contribution in [3.8, 4) is 11.3 Å². The average molecular weight is 501 g/mol. The summed E-state index contributed by atoms with van der Waals surface area (Å²) in [6, 6.07) is 22.1. The molecule has 0 radical (unpaired) electrons. The molecule has 0 saturated carbocycles. The van der Waals surface area contributed by atoms with E-state index in [-0.39, 0.29) is 12.1 Å². The Morgan fingerprint density at radius 1 is 0.906 bits per heavy atom. The molecule has 4 aromatic rings. The zero-order valence-electron chi connectivity index (χ0n) is 16.5. The van der Waals surface area contributed by atoms with Crippen molar-refractivity contribution in [3.05, 3.63) is 106 Å². The fourth-order valence-corrected chi connectivity index (χ4v) is 4.84. The van der Waals surface area contributed by atoms with Crippen molar-refractivity contribution in [2.45, 2.75) is 12.1 Å². The number of furan rings is 1. The van der Waals surface area contributed by atoms with E-state index in [2.05, 4.69) is 10.3 Å². The number of benzene rings is 2. The number of nitrogens with one attached hydrogen (secondary N) is 1. The van der Waals surface area contributed by atoms with Crippen LogP contribution in [0.15, 0.2) is 83.4 Å². The summed E-state index contributed by atoms with van der Waals surface area (Å²) in [6.45, 7) is 0. The lowest BCUT2D eigenvalue weighted by Crippen LogP contribution is -2.29. The lowest BCUT2D eigenvalue weighted by Gasteiger charge is -2.26. The van der Waals surface area contributed by atoms with Gasteiger partial charge in [-0.3, -0.25) is 4.98 Å². The lowest BCUT2D eigenvalue weighted by atomic mass is 10.0. The molecule has 1 saturated heterocycles. The van der Waals surface area contributed by atoms with Gasteiger partial charge in [0.1, 0.15) is 17.6 Å². The topological polar surface area (TPSA) is 41.3 Å². The predicted molar refractivity (Wildman–Crippen MR) is 134 cm³/mol. The van der Waals surface area contributed by atoms with Gasteiger partial charge in [-0.2, -0.15) is 0 Å². The van der Waals surface area contributed by atoms with Crippen LogP contribution in [0.3, 0.4) is 0 Å². The summed E-state index contributed by atoms with van der Waals surface area (Å²) in [6.07, 6.45) is 1.77. The Bertz CT molecular complexity index is 1280. The third kappa shape index (κ3) is 3.97. The molecule has 1 aliphatic rings. The number of pyridine rings is 1. The molecular formula is C24H16Cl3N3OS. The van der Waals surface area contributed by atoms with Crippen LogP contribution in [-0.2, 0) is 0 Å². The maximum absolute atomic E-state index is 6.41. The molecular weight excluding hydrogens is 485 g/mol. The highest BCUT2D eigenvalue weighted by molar-refractivity contribution is 7.80. The molecule has 5 rings (SSSR count). The molecule has 1 aliphatic heterocycles. The molecule has 8 heteroatoms. The summed E-state index contributed by atoms with van der Waals surface area (Å²) in [4.78, 5) is 6.58. The summed E-state index contributed by atoms with van der Waals surface area (Å²) in [5.41, 5.74) is 2.53. The van der Waals surface area contributed by atoms with Gasteiger partial charge in [-0.25, -0.2) is 0 Å². The summed E-state index contributed by atoms with van der Waals surface area (Å²) < 4.78 is 6.33. The van der Waals surface area contributed by atoms with E-state index in [4.69, 9.17) is 51.4 Å². The first kappa shape index (κ1) is 21.3. The summed E-state index contributed by atoms with van der Waals surface area (Å²) in [5.74, 6) is 1.37. The Hall–Kier alpha value is -2.57. The molecule has 4 nitrogen and oxygen atoms in total. The molecule has 2 atom stereocenters.